The zero-order valence-corrected chi connectivity index (χ0v) is 17.4. The molecule has 1 atom stereocenters. The summed E-state index contributed by atoms with van der Waals surface area (Å²) in [6, 6.07) is 11.9. The van der Waals surface area contributed by atoms with Crippen LogP contribution in [-0.2, 0) is 10.2 Å². The van der Waals surface area contributed by atoms with Crippen LogP contribution in [0.1, 0.15) is 43.7 Å². The molecule has 5 rings (SSSR count). The third-order valence-corrected chi connectivity index (χ3v) is 6.34. The number of nitrogens with one attached hydrogen (secondary N) is 1. The van der Waals surface area contributed by atoms with Crippen molar-refractivity contribution in [2.24, 2.45) is 0 Å². The first kappa shape index (κ1) is 19.2. The molecule has 30 heavy (non-hydrogen) atoms. The van der Waals surface area contributed by atoms with Gasteiger partial charge in [0.25, 0.3) is 0 Å². The molecule has 0 aliphatic carbocycles. The Bertz CT molecular complexity index is 960. The Morgan fingerprint density at radius 1 is 0.967 bits per heavy atom. The Labute approximate surface area is 177 Å². The summed E-state index contributed by atoms with van der Waals surface area (Å²) >= 11 is 0. The largest absolute Gasteiger partial charge is 0.491 e. The molecule has 0 radical (unpaired) electrons. The van der Waals surface area contributed by atoms with Crippen LogP contribution in [0, 0.1) is 0 Å². The molecule has 0 aromatic heterocycles. The Kier molecular flexibility index (Phi) is 5.03. The number of amides is 1. The first-order valence-corrected chi connectivity index (χ1v) is 10.9. The van der Waals surface area contributed by atoms with E-state index >= 15 is 0 Å². The van der Waals surface area contributed by atoms with E-state index < -0.39 is 5.41 Å². The van der Waals surface area contributed by atoms with E-state index in [1.165, 1.54) is 19.3 Å². The van der Waals surface area contributed by atoms with E-state index in [2.05, 4.69) is 18.3 Å². The molecular weight excluding hydrogens is 380 g/mol. The highest BCUT2D eigenvalue weighted by Crippen LogP contribution is 2.54. The van der Waals surface area contributed by atoms with Crippen molar-refractivity contribution < 1.29 is 19.0 Å². The fourth-order valence-electron chi connectivity index (χ4n) is 4.77. The third-order valence-electron chi connectivity index (χ3n) is 6.34. The van der Waals surface area contributed by atoms with Crippen molar-refractivity contribution in [2.75, 3.05) is 37.9 Å². The average molecular weight is 408 g/mol. The lowest BCUT2D eigenvalue weighted by Crippen LogP contribution is -2.43. The molecule has 6 heteroatoms. The summed E-state index contributed by atoms with van der Waals surface area (Å²) in [5.41, 5.74) is 2.08. The number of nitrogens with zero attached hydrogens (tertiary/aromatic N) is 1. The fourth-order valence-corrected chi connectivity index (χ4v) is 4.77. The first-order valence-electron chi connectivity index (χ1n) is 10.9. The third kappa shape index (κ3) is 2.93. The number of hydrogen-bond donors (Lipinski definition) is 1. The van der Waals surface area contributed by atoms with Crippen molar-refractivity contribution in [2.45, 2.75) is 38.0 Å². The van der Waals surface area contributed by atoms with Gasteiger partial charge in [-0.2, -0.15) is 0 Å². The van der Waals surface area contributed by atoms with Crippen molar-refractivity contribution in [1.29, 1.82) is 0 Å². The smallest absolute Gasteiger partial charge is 0.245 e. The summed E-state index contributed by atoms with van der Waals surface area (Å²) in [5, 5.41) is 3.49. The number of benzene rings is 2. The van der Waals surface area contributed by atoms with Gasteiger partial charge in [0, 0.05) is 23.9 Å². The van der Waals surface area contributed by atoms with Crippen LogP contribution < -0.4 is 24.4 Å². The molecule has 0 saturated carbocycles. The molecule has 3 heterocycles. The van der Waals surface area contributed by atoms with Crippen molar-refractivity contribution >= 4 is 11.6 Å². The SMILES string of the molecule is CCCCCNCCCN1C(=O)C2(COc3cc4c(cc32)OCO4)c2ccccc21. The highest BCUT2D eigenvalue weighted by molar-refractivity contribution is 6.11. The molecule has 0 bridgehead atoms. The van der Waals surface area contributed by atoms with Gasteiger partial charge < -0.3 is 24.4 Å². The van der Waals surface area contributed by atoms with Crippen LogP contribution in [-0.4, -0.2) is 38.9 Å². The van der Waals surface area contributed by atoms with Crippen LogP contribution in [0.2, 0.25) is 0 Å². The molecule has 2 aromatic carbocycles. The van der Waals surface area contributed by atoms with Gasteiger partial charge in [-0.15, -0.1) is 0 Å². The number of carbonyl (C=O) groups is 1. The van der Waals surface area contributed by atoms with Crippen LogP contribution >= 0.6 is 0 Å². The van der Waals surface area contributed by atoms with Gasteiger partial charge in [0.2, 0.25) is 12.7 Å². The Hall–Kier alpha value is -2.73. The molecule has 3 aliphatic heterocycles. The summed E-state index contributed by atoms with van der Waals surface area (Å²) in [7, 11) is 0. The number of para-hydroxylation sites is 1. The minimum atomic E-state index is -0.804. The number of ether oxygens (including phenoxy) is 3. The molecule has 0 fully saturated rings. The molecule has 1 spiro atoms. The zero-order valence-electron chi connectivity index (χ0n) is 17.4. The Balaban J connectivity index is 1.39. The van der Waals surface area contributed by atoms with E-state index in [0.29, 0.717) is 30.4 Å². The van der Waals surface area contributed by atoms with Crippen LogP contribution in [0.4, 0.5) is 5.69 Å². The highest BCUT2D eigenvalue weighted by atomic mass is 16.7. The van der Waals surface area contributed by atoms with E-state index in [0.717, 1.165) is 36.3 Å². The first-order chi connectivity index (χ1) is 14.8. The molecule has 1 amide bonds. The highest BCUT2D eigenvalue weighted by Gasteiger charge is 2.57. The summed E-state index contributed by atoms with van der Waals surface area (Å²) in [6.07, 6.45) is 4.60. The predicted octanol–water partition coefficient (Wildman–Crippen LogP) is 3.61. The van der Waals surface area contributed by atoms with Crippen LogP contribution in [0.3, 0.4) is 0 Å². The number of rotatable bonds is 8. The number of anilines is 1. The van der Waals surface area contributed by atoms with Crippen molar-refractivity contribution in [1.82, 2.24) is 5.32 Å². The predicted molar refractivity (Wildman–Crippen MR) is 115 cm³/mol. The van der Waals surface area contributed by atoms with Gasteiger partial charge in [-0.3, -0.25) is 4.79 Å². The standard InChI is InChI=1S/C24H28N2O4/c1-2-3-6-10-25-11-7-12-26-19-9-5-4-8-17(19)24(23(26)27)15-28-20-14-22-21(13-18(20)24)29-16-30-22/h4-5,8-9,13-14,25H,2-3,6-7,10-12,15-16H2,1H3. The minimum Gasteiger partial charge on any atom is -0.491 e. The molecule has 3 aliphatic rings. The molecule has 0 saturated heterocycles. The molecule has 1 N–H and O–H groups in total. The molecule has 2 aromatic rings. The maximum atomic E-state index is 13.8. The van der Waals surface area contributed by atoms with Gasteiger partial charge in [0.05, 0.1) is 0 Å². The van der Waals surface area contributed by atoms with Crippen LogP contribution in [0.5, 0.6) is 17.2 Å². The zero-order chi connectivity index (χ0) is 20.6. The molecular formula is C24H28N2O4. The van der Waals surface area contributed by atoms with Crippen LogP contribution in [0.15, 0.2) is 36.4 Å². The Morgan fingerprint density at radius 3 is 2.63 bits per heavy atom. The van der Waals surface area contributed by atoms with E-state index in [4.69, 9.17) is 14.2 Å². The number of carbonyl (C=O) groups excluding carboxylic acids is 1. The van der Waals surface area contributed by atoms with E-state index in [1.807, 2.05) is 35.2 Å². The normalized spacial score (nSPS) is 20.6. The van der Waals surface area contributed by atoms with Gasteiger partial charge in [0.1, 0.15) is 17.8 Å². The lowest BCUT2D eigenvalue weighted by atomic mass is 9.77. The second-order valence-corrected chi connectivity index (χ2v) is 8.18. The number of unbranched alkanes of at least 4 members (excludes halogenated alkanes) is 2. The topological polar surface area (TPSA) is 60.0 Å². The maximum Gasteiger partial charge on any atom is 0.245 e. The summed E-state index contributed by atoms with van der Waals surface area (Å²) in [4.78, 5) is 15.7. The monoisotopic (exact) mass is 408 g/mol. The van der Waals surface area contributed by atoms with Gasteiger partial charge in [-0.1, -0.05) is 38.0 Å². The van der Waals surface area contributed by atoms with Crippen molar-refractivity contribution in [3.8, 4) is 17.2 Å². The van der Waals surface area contributed by atoms with Crippen molar-refractivity contribution in [3.63, 3.8) is 0 Å². The summed E-state index contributed by atoms with van der Waals surface area (Å²) < 4.78 is 17.1. The average Bonchev–Trinajstić information content (AvgIpc) is 3.44. The number of fused-ring (bicyclic) bond motifs is 5. The van der Waals surface area contributed by atoms with Gasteiger partial charge >= 0.3 is 0 Å². The summed E-state index contributed by atoms with van der Waals surface area (Å²) in [6.45, 7) is 5.37. The van der Waals surface area contributed by atoms with Crippen molar-refractivity contribution in [3.05, 3.63) is 47.5 Å². The van der Waals surface area contributed by atoms with Gasteiger partial charge in [0.15, 0.2) is 11.5 Å². The molecule has 1 unspecified atom stereocenters. The minimum absolute atomic E-state index is 0.0901. The van der Waals surface area contributed by atoms with E-state index in [-0.39, 0.29) is 12.7 Å². The van der Waals surface area contributed by atoms with E-state index in [1.54, 1.807) is 0 Å². The van der Waals surface area contributed by atoms with E-state index in [9.17, 15) is 4.79 Å². The Morgan fingerprint density at radius 2 is 1.77 bits per heavy atom. The van der Waals surface area contributed by atoms with Gasteiger partial charge in [-0.05, 0) is 43.6 Å². The molecule has 158 valence electrons. The quantitative estimate of drug-likeness (QED) is 0.676. The van der Waals surface area contributed by atoms with Crippen LogP contribution in [0.25, 0.3) is 0 Å². The second kappa shape index (κ2) is 7.84. The van der Waals surface area contributed by atoms with Gasteiger partial charge in [-0.25, -0.2) is 0 Å². The lowest BCUT2D eigenvalue weighted by Gasteiger charge is -2.23. The lowest BCUT2D eigenvalue weighted by molar-refractivity contribution is -0.122. The summed E-state index contributed by atoms with van der Waals surface area (Å²) in [5.74, 6) is 2.16. The second-order valence-electron chi connectivity index (χ2n) is 8.18. The number of hydrogen-bond acceptors (Lipinski definition) is 5. The maximum absolute atomic E-state index is 13.8. The fraction of sp³-hybridized carbons (Fsp3) is 0.458. The molecule has 6 nitrogen and oxygen atoms in total.